The number of carbonyl (C=O) groups is 2. The number of hydrogen-bond acceptors (Lipinski definition) is 5. The van der Waals surface area contributed by atoms with E-state index in [1.807, 2.05) is 60.7 Å². The van der Waals surface area contributed by atoms with E-state index < -0.39 is 35.1 Å². The molecule has 0 bridgehead atoms. The number of fused-ring (bicyclic) bond motifs is 2. The monoisotopic (exact) mass is 486 g/mol. The van der Waals surface area contributed by atoms with Crippen LogP contribution in [0.5, 0.6) is 0 Å². The molecule has 4 nitrogen and oxygen atoms in total. The van der Waals surface area contributed by atoms with E-state index >= 15 is 4.39 Å². The van der Waals surface area contributed by atoms with Crippen LogP contribution >= 0.6 is 11.8 Å². The molecule has 2 unspecified atom stereocenters. The van der Waals surface area contributed by atoms with E-state index in [4.69, 9.17) is 9.47 Å². The van der Waals surface area contributed by atoms with Gasteiger partial charge in [-0.1, -0.05) is 67.6 Å². The first-order valence-corrected chi connectivity index (χ1v) is 12.5. The summed E-state index contributed by atoms with van der Waals surface area (Å²) < 4.78 is 26.0. The first-order valence-electron chi connectivity index (χ1n) is 11.7. The summed E-state index contributed by atoms with van der Waals surface area (Å²) in [6.07, 6.45) is -2.37. The summed E-state index contributed by atoms with van der Waals surface area (Å²) >= 11 is 1.41. The lowest BCUT2D eigenvalue weighted by atomic mass is 10.1. The maximum absolute atomic E-state index is 15.2. The highest BCUT2D eigenvalue weighted by Crippen LogP contribution is 2.62. The molecule has 6 rings (SSSR count). The third-order valence-corrected chi connectivity index (χ3v) is 8.70. The summed E-state index contributed by atoms with van der Waals surface area (Å²) in [4.78, 5) is 25.9. The fourth-order valence-corrected chi connectivity index (χ4v) is 6.69. The van der Waals surface area contributed by atoms with Crippen LogP contribution in [0, 0.1) is 0 Å². The van der Waals surface area contributed by atoms with Gasteiger partial charge in [0.25, 0.3) is 0 Å². The number of rotatable bonds is 4. The Morgan fingerprint density at radius 3 is 1.89 bits per heavy atom. The van der Waals surface area contributed by atoms with Crippen LogP contribution in [0.3, 0.4) is 0 Å². The van der Waals surface area contributed by atoms with Crippen LogP contribution in [0.15, 0.2) is 84.9 Å². The lowest BCUT2D eigenvalue weighted by Crippen LogP contribution is -2.37. The number of alkyl halides is 1. The van der Waals surface area contributed by atoms with E-state index in [-0.39, 0.29) is 5.25 Å². The number of carbonyl (C=O) groups excluding carboxylic acids is 2. The van der Waals surface area contributed by atoms with E-state index in [0.717, 1.165) is 21.5 Å². The Kier molecular flexibility index (Phi) is 5.29. The lowest BCUT2D eigenvalue weighted by molar-refractivity contribution is 0.000994. The van der Waals surface area contributed by atoms with Crippen LogP contribution in [0.2, 0.25) is 0 Å². The number of benzene rings is 4. The highest BCUT2D eigenvalue weighted by Gasteiger charge is 2.71. The zero-order valence-corrected chi connectivity index (χ0v) is 19.8. The van der Waals surface area contributed by atoms with Gasteiger partial charge in [-0.2, -0.15) is 0 Å². The van der Waals surface area contributed by atoms with E-state index in [2.05, 4.69) is 0 Å². The summed E-state index contributed by atoms with van der Waals surface area (Å²) in [5.74, 6) is -1.02. The topological polar surface area (TPSA) is 52.6 Å². The van der Waals surface area contributed by atoms with Crippen molar-refractivity contribution >= 4 is 45.2 Å². The molecule has 0 radical (unpaired) electrons. The van der Waals surface area contributed by atoms with Crippen LogP contribution in [0.4, 0.5) is 4.39 Å². The molecule has 2 aliphatic rings. The van der Waals surface area contributed by atoms with Gasteiger partial charge in [0.05, 0.1) is 15.9 Å². The second-order valence-corrected chi connectivity index (χ2v) is 11.0. The lowest BCUT2D eigenvalue weighted by Gasteiger charge is -2.21. The van der Waals surface area contributed by atoms with Crippen molar-refractivity contribution in [1.82, 2.24) is 0 Å². The molecule has 5 atom stereocenters. The highest BCUT2D eigenvalue weighted by molar-refractivity contribution is 8.02. The van der Waals surface area contributed by atoms with Gasteiger partial charge in [0.15, 0.2) is 6.10 Å². The van der Waals surface area contributed by atoms with Gasteiger partial charge in [0.2, 0.25) is 0 Å². The van der Waals surface area contributed by atoms with E-state index in [1.54, 1.807) is 31.2 Å². The van der Waals surface area contributed by atoms with Crippen LogP contribution in [0.1, 0.15) is 34.1 Å². The Hall–Kier alpha value is -3.38. The molecule has 0 N–H and O–H groups in total. The second-order valence-electron chi connectivity index (χ2n) is 9.27. The number of ether oxygens (including phenoxy) is 2. The first-order chi connectivity index (χ1) is 16.9. The Bertz CT molecular complexity index is 1470. The third kappa shape index (κ3) is 3.86. The van der Waals surface area contributed by atoms with E-state index in [0.29, 0.717) is 17.5 Å². The van der Waals surface area contributed by atoms with Crippen LogP contribution < -0.4 is 0 Å². The molecule has 1 heterocycles. The van der Waals surface area contributed by atoms with Crippen LogP contribution in [0.25, 0.3) is 21.5 Å². The number of esters is 2. The minimum absolute atomic E-state index is 0.367. The summed E-state index contributed by atoms with van der Waals surface area (Å²) in [5, 5.41) is 3.54. The van der Waals surface area contributed by atoms with Crippen molar-refractivity contribution in [2.75, 3.05) is 0 Å². The normalized spacial score (nSPS) is 27.3. The molecule has 0 amide bonds. The van der Waals surface area contributed by atoms with Crippen molar-refractivity contribution in [3.63, 3.8) is 0 Å². The SMILES string of the molecule is C[C@@H]1SC2(CC2OC(=O)c2ccc3ccccc3c2)[C@@H](OC(=O)c2ccc3ccccc3c2)[C@@H]1F. The van der Waals surface area contributed by atoms with E-state index in [9.17, 15) is 9.59 Å². The Labute approximate surface area is 206 Å². The largest absolute Gasteiger partial charge is 0.457 e. The molecule has 4 aromatic carbocycles. The highest BCUT2D eigenvalue weighted by atomic mass is 32.2. The molecule has 176 valence electrons. The van der Waals surface area contributed by atoms with Crippen molar-refractivity contribution in [2.45, 2.75) is 41.7 Å². The van der Waals surface area contributed by atoms with Gasteiger partial charge >= 0.3 is 11.9 Å². The van der Waals surface area contributed by atoms with Gasteiger partial charge in [-0.05, 0) is 45.8 Å². The number of thioether (sulfide) groups is 1. The molecule has 4 aromatic rings. The molecule has 1 aliphatic heterocycles. The summed E-state index contributed by atoms with van der Waals surface area (Å²) in [6.45, 7) is 1.78. The minimum Gasteiger partial charge on any atom is -0.457 e. The molecule has 0 aromatic heterocycles. The summed E-state index contributed by atoms with van der Waals surface area (Å²) in [7, 11) is 0. The maximum Gasteiger partial charge on any atom is 0.338 e. The third-order valence-electron chi connectivity index (χ3n) is 6.97. The molecule has 1 saturated carbocycles. The first kappa shape index (κ1) is 22.1. The second kappa shape index (κ2) is 8.38. The Morgan fingerprint density at radius 2 is 1.31 bits per heavy atom. The van der Waals surface area contributed by atoms with E-state index in [1.165, 1.54) is 11.8 Å². The quantitative estimate of drug-likeness (QED) is 0.314. The average Bonchev–Trinajstić information content (AvgIpc) is 3.51. The predicted octanol–water partition coefficient (Wildman–Crippen LogP) is 6.36. The van der Waals surface area contributed by atoms with Crippen LogP contribution in [-0.4, -0.2) is 40.3 Å². The van der Waals surface area contributed by atoms with Gasteiger partial charge in [-0.15, -0.1) is 11.8 Å². The van der Waals surface area contributed by atoms with Gasteiger partial charge in [-0.3, -0.25) is 0 Å². The van der Waals surface area contributed by atoms with Crippen molar-refractivity contribution in [3.8, 4) is 0 Å². The maximum atomic E-state index is 15.2. The van der Waals surface area contributed by atoms with Gasteiger partial charge in [-0.25, -0.2) is 14.0 Å². The molecule has 1 spiro atoms. The Balaban J connectivity index is 1.20. The van der Waals surface area contributed by atoms with Gasteiger partial charge < -0.3 is 9.47 Å². The predicted molar refractivity (Wildman–Crippen MR) is 136 cm³/mol. The average molecular weight is 487 g/mol. The number of hydrogen-bond donors (Lipinski definition) is 0. The fourth-order valence-electron chi connectivity index (χ4n) is 4.97. The van der Waals surface area contributed by atoms with Crippen molar-refractivity contribution < 1.29 is 23.5 Å². The standard InChI is InChI=1S/C29H23FO4S/c1-17-25(30)26(34-28(32)23-13-11-19-7-3-5-9-21(19)15-23)29(35-17)16-24(29)33-27(31)22-12-10-18-6-2-4-8-20(18)14-22/h2-15,17,24-26H,16H2,1H3/t17-,24?,25+,26-,29?/m0/s1. The molecule has 35 heavy (non-hydrogen) atoms. The molecular formula is C29H23FO4S. The zero-order chi connectivity index (χ0) is 24.2. The molecule has 1 aliphatic carbocycles. The zero-order valence-electron chi connectivity index (χ0n) is 19.0. The van der Waals surface area contributed by atoms with Gasteiger partial charge in [0, 0.05) is 11.7 Å². The smallest absolute Gasteiger partial charge is 0.338 e. The van der Waals surface area contributed by atoms with Crippen LogP contribution in [-0.2, 0) is 9.47 Å². The molecular weight excluding hydrogens is 463 g/mol. The Morgan fingerprint density at radius 1 is 0.800 bits per heavy atom. The van der Waals surface area contributed by atoms with Gasteiger partial charge in [0.1, 0.15) is 12.3 Å². The minimum atomic E-state index is -1.34. The fraction of sp³-hybridized carbons (Fsp3) is 0.241. The van der Waals surface area contributed by atoms with Crippen molar-refractivity contribution in [2.24, 2.45) is 0 Å². The number of halogens is 1. The molecule has 6 heteroatoms. The summed E-state index contributed by atoms with van der Waals surface area (Å²) in [6, 6.07) is 26.2. The molecule has 1 saturated heterocycles. The van der Waals surface area contributed by atoms with Crippen molar-refractivity contribution in [3.05, 3.63) is 96.1 Å². The summed E-state index contributed by atoms with van der Waals surface area (Å²) in [5.41, 5.74) is 0.823. The molecule has 2 fully saturated rings. The van der Waals surface area contributed by atoms with Crippen molar-refractivity contribution in [1.29, 1.82) is 0 Å².